The van der Waals surface area contributed by atoms with Gasteiger partial charge in [-0.05, 0) is 53.6 Å². The first-order chi connectivity index (χ1) is 18.3. The fraction of sp³-hybridized carbons (Fsp3) is 0.138. The van der Waals surface area contributed by atoms with Gasteiger partial charge in [-0.1, -0.05) is 72.3 Å². The van der Waals surface area contributed by atoms with Crippen molar-refractivity contribution in [2.45, 2.75) is 18.0 Å². The molecule has 0 bridgehead atoms. The topological polar surface area (TPSA) is 84.9 Å². The molecule has 0 unspecified atom stereocenters. The molecule has 0 saturated heterocycles. The minimum atomic E-state index is -4.15. The molecule has 0 atom stereocenters. The maximum absolute atomic E-state index is 13.7. The molecule has 38 heavy (non-hydrogen) atoms. The third-order valence-corrected chi connectivity index (χ3v) is 7.70. The summed E-state index contributed by atoms with van der Waals surface area (Å²) in [7, 11) is -2.77. The van der Waals surface area contributed by atoms with Gasteiger partial charge in [0.1, 0.15) is 23.0 Å². The van der Waals surface area contributed by atoms with Crippen LogP contribution in [0.25, 0.3) is 0 Å². The normalized spacial score (nSPS) is 11.2. The van der Waals surface area contributed by atoms with Crippen LogP contribution in [0.3, 0.4) is 0 Å². The van der Waals surface area contributed by atoms with Gasteiger partial charge < -0.3 is 14.8 Å². The lowest BCUT2D eigenvalue weighted by Gasteiger charge is -2.23. The van der Waals surface area contributed by atoms with E-state index >= 15 is 0 Å². The van der Waals surface area contributed by atoms with Gasteiger partial charge in [0, 0.05) is 17.3 Å². The molecule has 0 aliphatic rings. The Balaban J connectivity index is 1.49. The van der Waals surface area contributed by atoms with Gasteiger partial charge in [0.15, 0.2) is 0 Å². The Morgan fingerprint density at radius 3 is 2.13 bits per heavy atom. The Morgan fingerprint density at radius 2 is 1.50 bits per heavy atom. The number of benzene rings is 4. The van der Waals surface area contributed by atoms with Crippen LogP contribution in [0, 0.1) is 0 Å². The van der Waals surface area contributed by atoms with E-state index in [2.05, 4.69) is 5.32 Å². The van der Waals surface area contributed by atoms with Gasteiger partial charge in [-0.25, -0.2) is 8.42 Å². The zero-order valence-electron chi connectivity index (χ0n) is 20.7. The Morgan fingerprint density at radius 1 is 0.868 bits per heavy atom. The maximum atomic E-state index is 13.7. The molecule has 1 amide bonds. The number of anilines is 1. The van der Waals surface area contributed by atoms with Crippen LogP contribution in [0.15, 0.2) is 108 Å². The number of carbonyl (C=O) groups is 1. The van der Waals surface area contributed by atoms with Crippen molar-refractivity contribution < 1.29 is 22.7 Å². The van der Waals surface area contributed by atoms with Crippen molar-refractivity contribution in [2.75, 3.05) is 19.0 Å². The van der Waals surface area contributed by atoms with Crippen molar-refractivity contribution in [2.24, 2.45) is 0 Å². The summed E-state index contributed by atoms with van der Waals surface area (Å²) in [5.74, 6) is 0.288. The van der Waals surface area contributed by atoms with E-state index in [9.17, 15) is 13.2 Å². The number of ether oxygens (including phenoxy) is 2. The average molecular weight is 551 g/mol. The lowest BCUT2D eigenvalue weighted by Crippen LogP contribution is -2.37. The summed E-state index contributed by atoms with van der Waals surface area (Å²) in [5.41, 5.74) is 2.28. The van der Waals surface area contributed by atoms with Crippen LogP contribution in [0.1, 0.15) is 11.1 Å². The highest BCUT2D eigenvalue weighted by molar-refractivity contribution is 7.89. The molecule has 0 fully saturated rings. The highest BCUT2D eigenvalue weighted by Gasteiger charge is 2.30. The minimum absolute atomic E-state index is 0.0154. The highest BCUT2D eigenvalue weighted by Crippen LogP contribution is 2.30. The third-order valence-electron chi connectivity index (χ3n) is 5.65. The van der Waals surface area contributed by atoms with E-state index in [-0.39, 0.29) is 22.2 Å². The maximum Gasteiger partial charge on any atom is 0.247 e. The molecule has 196 valence electrons. The zero-order chi connectivity index (χ0) is 27.0. The summed E-state index contributed by atoms with van der Waals surface area (Å²) in [5, 5.41) is 3.00. The highest BCUT2D eigenvalue weighted by atomic mass is 35.5. The fourth-order valence-electron chi connectivity index (χ4n) is 3.74. The number of hydrogen-bond acceptors (Lipinski definition) is 5. The summed E-state index contributed by atoms with van der Waals surface area (Å²) in [6.07, 6.45) is 0. The van der Waals surface area contributed by atoms with Gasteiger partial charge in [-0.2, -0.15) is 4.31 Å². The van der Waals surface area contributed by atoms with Gasteiger partial charge in [0.25, 0.3) is 0 Å². The molecule has 1 N–H and O–H groups in total. The lowest BCUT2D eigenvalue weighted by molar-refractivity contribution is -0.116. The van der Waals surface area contributed by atoms with Crippen molar-refractivity contribution >= 4 is 33.2 Å². The second-order valence-corrected chi connectivity index (χ2v) is 10.7. The van der Waals surface area contributed by atoms with Gasteiger partial charge in [0.2, 0.25) is 15.9 Å². The Hall–Kier alpha value is -3.85. The van der Waals surface area contributed by atoms with E-state index in [0.29, 0.717) is 18.0 Å². The molecule has 0 spiro atoms. The minimum Gasteiger partial charge on any atom is -0.495 e. The van der Waals surface area contributed by atoms with Crippen LogP contribution >= 0.6 is 11.6 Å². The summed E-state index contributed by atoms with van der Waals surface area (Å²) >= 11 is 6.10. The molecule has 0 heterocycles. The first-order valence-electron chi connectivity index (χ1n) is 11.8. The number of rotatable bonds is 11. The molecule has 0 radical (unpaired) electrons. The first kappa shape index (κ1) is 27.2. The standard InChI is InChI=1S/C29H27ClN2O5S/c1-36-27-17-12-24(30)18-28(27)38(34,35)32(19-22-8-4-2-5-9-22)20-29(33)31-25-13-15-26(16-14-25)37-21-23-10-6-3-7-11-23/h2-18H,19-21H2,1H3,(H,31,33). The number of amides is 1. The van der Waals surface area contributed by atoms with Gasteiger partial charge in [-0.3, -0.25) is 4.79 Å². The number of methoxy groups -OCH3 is 1. The van der Waals surface area contributed by atoms with Crippen molar-refractivity contribution in [1.82, 2.24) is 4.31 Å². The van der Waals surface area contributed by atoms with Crippen molar-refractivity contribution in [3.8, 4) is 11.5 Å². The van der Waals surface area contributed by atoms with E-state index in [0.717, 1.165) is 15.4 Å². The molecular formula is C29H27ClN2O5S. The summed E-state index contributed by atoms with van der Waals surface area (Å²) in [6.45, 7) is -0.0104. The zero-order valence-corrected chi connectivity index (χ0v) is 22.3. The van der Waals surface area contributed by atoms with Crippen LogP contribution in [-0.4, -0.2) is 32.3 Å². The van der Waals surface area contributed by atoms with Gasteiger partial charge in [0.05, 0.1) is 13.7 Å². The molecule has 0 aromatic heterocycles. The third kappa shape index (κ3) is 7.13. The van der Waals surface area contributed by atoms with Crippen LogP contribution in [0.2, 0.25) is 5.02 Å². The summed E-state index contributed by atoms with van der Waals surface area (Å²) in [4.78, 5) is 12.9. The first-order valence-corrected chi connectivity index (χ1v) is 13.6. The van der Waals surface area contributed by atoms with E-state index < -0.39 is 22.5 Å². The quantitative estimate of drug-likeness (QED) is 0.257. The Kier molecular flexibility index (Phi) is 9.02. The number of halogens is 1. The SMILES string of the molecule is COc1ccc(Cl)cc1S(=O)(=O)N(CC(=O)Nc1ccc(OCc2ccccc2)cc1)Cc1ccccc1. The number of carbonyl (C=O) groups excluding carboxylic acids is 1. The molecule has 0 aliphatic carbocycles. The van der Waals surface area contributed by atoms with Gasteiger partial charge >= 0.3 is 0 Å². The predicted octanol–water partition coefficient (Wildman–Crippen LogP) is 5.76. The van der Waals surface area contributed by atoms with Crippen LogP contribution in [0.5, 0.6) is 11.5 Å². The summed E-state index contributed by atoms with van der Waals surface area (Å²) in [6, 6.07) is 30.1. The molecule has 0 aliphatic heterocycles. The molecule has 4 rings (SSSR count). The molecule has 0 saturated carbocycles. The number of sulfonamides is 1. The second-order valence-electron chi connectivity index (χ2n) is 8.40. The molecule has 4 aromatic carbocycles. The molecule has 7 nitrogen and oxygen atoms in total. The van der Waals surface area contributed by atoms with Crippen molar-refractivity contribution in [3.63, 3.8) is 0 Å². The molecule has 9 heteroatoms. The van der Waals surface area contributed by atoms with Crippen LogP contribution in [0.4, 0.5) is 5.69 Å². The molecule has 4 aromatic rings. The molecular weight excluding hydrogens is 524 g/mol. The second kappa shape index (κ2) is 12.6. The fourth-order valence-corrected chi connectivity index (χ4v) is 5.54. The van der Waals surface area contributed by atoms with Crippen molar-refractivity contribution in [3.05, 3.63) is 119 Å². The Labute approximate surface area is 227 Å². The van der Waals surface area contributed by atoms with E-state index in [4.69, 9.17) is 21.1 Å². The van der Waals surface area contributed by atoms with E-state index in [1.807, 2.05) is 48.5 Å². The van der Waals surface area contributed by atoms with E-state index in [1.54, 1.807) is 42.5 Å². The van der Waals surface area contributed by atoms with E-state index in [1.165, 1.54) is 19.2 Å². The monoisotopic (exact) mass is 550 g/mol. The largest absolute Gasteiger partial charge is 0.495 e. The van der Waals surface area contributed by atoms with Gasteiger partial charge in [-0.15, -0.1) is 0 Å². The summed E-state index contributed by atoms with van der Waals surface area (Å²) < 4.78 is 39.5. The number of nitrogens with one attached hydrogen (secondary N) is 1. The Bertz CT molecular complexity index is 1460. The number of hydrogen-bond donors (Lipinski definition) is 1. The smallest absolute Gasteiger partial charge is 0.247 e. The average Bonchev–Trinajstić information content (AvgIpc) is 2.93. The van der Waals surface area contributed by atoms with Crippen LogP contribution < -0.4 is 14.8 Å². The van der Waals surface area contributed by atoms with Crippen molar-refractivity contribution in [1.29, 1.82) is 0 Å². The lowest BCUT2D eigenvalue weighted by atomic mass is 10.2. The number of nitrogens with zero attached hydrogens (tertiary/aromatic N) is 1. The predicted molar refractivity (Wildman–Crippen MR) is 148 cm³/mol. The van der Waals surface area contributed by atoms with Crippen LogP contribution in [-0.2, 0) is 28.0 Å².